The van der Waals surface area contributed by atoms with Crippen molar-refractivity contribution >= 4 is 21.6 Å². The first-order valence-electron chi connectivity index (χ1n) is 8.13. The van der Waals surface area contributed by atoms with Gasteiger partial charge in [0.2, 0.25) is 0 Å². The van der Waals surface area contributed by atoms with Crippen LogP contribution in [0.25, 0.3) is 0 Å². The molecule has 3 aliphatic heterocycles. The number of anilines is 1. The number of hydrogen-bond acceptors (Lipinski definition) is 5. The molecule has 24 heavy (non-hydrogen) atoms. The molecule has 0 aliphatic carbocycles. The molecule has 1 aromatic carbocycles. The predicted molar refractivity (Wildman–Crippen MR) is 88.7 cm³/mol. The van der Waals surface area contributed by atoms with Crippen molar-refractivity contribution in [1.29, 1.82) is 0 Å². The maximum absolute atomic E-state index is 12.6. The molecule has 1 atom stereocenters. The summed E-state index contributed by atoms with van der Waals surface area (Å²) in [6.45, 7) is 1.19. The van der Waals surface area contributed by atoms with Crippen LogP contribution in [-0.2, 0) is 22.7 Å². The number of amides is 2. The summed E-state index contributed by atoms with van der Waals surface area (Å²) in [6, 6.07) is 1.40. The highest BCUT2D eigenvalue weighted by atomic mass is 32.2. The Morgan fingerprint density at radius 3 is 2.83 bits per heavy atom. The minimum Gasteiger partial charge on any atom is -0.493 e. The van der Waals surface area contributed by atoms with E-state index in [2.05, 4.69) is 5.32 Å². The lowest BCUT2D eigenvalue weighted by Gasteiger charge is -2.25. The normalized spacial score (nSPS) is 23.1. The molecule has 3 heterocycles. The highest BCUT2D eigenvalue weighted by Gasteiger charge is 2.34. The molecule has 0 spiro atoms. The fraction of sp³-hybridized carbons (Fsp3) is 0.562. The fourth-order valence-electron chi connectivity index (χ4n) is 3.56. The van der Waals surface area contributed by atoms with Crippen molar-refractivity contribution in [2.24, 2.45) is 0 Å². The number of ether oxygens (including phenoxy) is 2. The van der Waals surface area contributed by atoms with Gasteiger partial charge in [-0.2, -0.15) is 0 Å². The first kappa shape index (κ1) is 15.6. The largest absolute Gasteiger partial charge is 0.493 e. The summed E-state index contributed by atoms with van der Waals surface area (Å²) in [7, 11) is -1.39. The number of carbonyl (C=O) groups is 1. The van der Waals surface area contributed by atoms with E-state index in [0.29, 0.717) is 25.3 Å². The van der Waals surface area contributed by atoms with Gasteiger partial charge in [0.15, 0.2) is 9.84 Å². The SMILES string of the molecule is CN(C(=O)Nc1c2c(cc3c1OCC3)OCC2)C1CCS(=O)(=O)C1. The Kier molecular flexibility index (Phi) is 3.59. The van der Waals surface area contributed by atoms with E-state index in [9.17, 15) is 13.2 Å². The van der Waals surface area contributed by atoms with E-state index >= 15 is 0 Å². The van der Waals surface area contributed by atoms with E-state index in [1.807, 2.05) is 6.07 Å². The number of nitrogens with one attached hydrogen (secondary N) is 1. The van der Waals surface area contributed by atoms with Gasteiger partial charge in [-0.1, -0.05) is 0 Å². The van der Waals surface area contributed by atoms with E-state index in [-0.39, 0.29) is 23.6 Å². The number of sulfone groups is 1. The summed E-state index contributed by atoms with van der Waals surface area (Å²) in [6.07, 6.45) is 2.01. The Morgan fingerprint density at radius 1 is 1.29 bits per heavy atom. The van der Waals surface area contributed by atoms with Crippen molar-refractivity contribution < 1.29 is 22.7 Å². The minimum atomic E-state index is -3.03. The zero-order valence-corrected chi connectivity index (χ0v) is 14.3. The molecule has 2 amide bonds. The number of nitrogens with zero attached hydrogens (tertiary/aromatic N) is 1. The van der Waals surface area contributed by atoms with Crippen LogP contribution < -0.4 is 14.8 Å². The van der Waals surface area contributed by atoms with Crippen LogP contribution in [0.2, 0.25) is 0 Å². The predicted octanol–water partition coefficient (Wildman–Crippen LogP) is 1.21. The lowest BCUT2D eigenvalue weighted by Crippen LogP contribution is -2.40. The Hall–Kier alpha value is -1.96. The molecule has 0 aromatic heterocycles. The molecule has 1 aromatic rings. The van der Waals surface area contributed by atoms with E-state index in [0.717, 1.165) is 35.5 Å². The van der Waals surface area contributed by atoms with Crippen molar-refractivity contribution in [3.8, 4) is 11.5 Å². The van der Waals surface area contributed by atoms with Crippen LogP contribution in [0.1, 0.15) is 17.5 Å². The average molecular weight is 352 g/mol. The molecule has 0 bridgehead atoms. The number of benzene rings is 1. The summed E-state index contributed by atoms with van der Waals surface area (Å²) in [5, 5.41) is 2.93. The molecular formula is C16H20N2O5S. The molecule has 1 N–H and O–H groups in total. The highest BCUT2D eigenvalue weighted by molar-refractivity contribution is 7.91. The number of rotatable bonds is 2. The van der Waals surface area contributed by atoms with E-state index in [1.54, 1.807) is 7.05 Å². The second kappa shape index (κ2) is 5.54. The molecule has 1 saturated heterocycles. The molecule has 3 aliphatic rings. The smallest absolute Gasteiger partial charge is 0.321 e. The third-order valence-corrected chi connectivity index (χ3v) is 6.71. The lowest BCUT2D eigenvalue weighted by atomic mass is 10.0. The Morgan fingerprint density at radius 2 is 2.08 bits per heavy atom. The molecule has 0 saturated carbocycles. The van der Waals surface area contributed by atoms with E-state index in [4.69, 9.17) is 9.47 Å². The Bertz CT molecular complexity index is 773. The number of hydrogen-bond donors (Lipinski definition) is 1. The van der Waals surface area contributed by atoms with Gasteiger partial charge < -0.3 is 19.7 Å². The maximum Gasteiger partial charge on any atom is 0.321 e. The minimum absolute atomic E-state index is 0.0293. The van der Waals surface area contributed by atoms with Crippen LogP contribution in [0.3, 0.4) is 0 Å². The Balaban J connectivity index is 1.59. The zero-order valence-electron chi connectivity index (χ0n) is 13.5. The molecule has 7 nitrogen and oxygen atoms in total. The van der Waals surface area contributed by atoms with Crippen LogP contribution in [0.5, 0.6) is 11.5 Å². The first-order valence-corrected chi connectivity index (χ1v) is 9.95. The van der Waals surface area contributed by atoms with Crippen LogP contribution in [0.4, 0.5) is 10.5 Å². The van der Waals surface area contributed by atoms with Gasteiger partial charge in [0, 0.05) is 37.1 Å². The van der Waals surface area contributed by atoms with Crippen LogP contribution >= 0.6 is 0 Å². The molecule has 1 fully saturated rings. The maximum atomic E-state index is 12.6. The number of urea groups is 1. The van der Waals surface area contributed by atoms with E-state index in [1.165, 1.54) is 4.90 Å². The third-order valence-electron chi connectivity index (χ3n) is 4.96. The quantitative estimate of drug-likeness (QED) is 0.865. The Labute approximate surface area is 140 Å². The van der Waals surface area contributed by atoms with Crippen LogP contribution in [-0.4, -0.2) is 57.2 Å². The second-order valence-corrected chi connectivity index (χ2v) is 8.74. The number of fused-ring (bicyclic) bond motifs is 2. The molecule has 130 valence electrons. The third kappa shape index (κ3) is 2.58. The van der Waals surface area contributed by atoms with Gasteiger partial charge >= 0.3 is 6.03 Å². The highest BCUT2D eigenvalue weighted by Crippen LogP contribution is 2.44. The lowest BCUT2D eigenvalue weighted by molar-refractivity contribution is 0.209. The first-order chi connectivity index (χ1) is 11.4. The molecule has 8 heteroatoms. The van der Waals surface area contributed by atoms with Crippen molar-refractivity contribution in [2.45, 2.75) is 25.3 Å². The monoisotopic (exact) mass is 352 g/mol. The van der Waals surface area contributed by atoms with Gasteiger partial charge in [0.1, 0.15) is 11.5 Å². The second-order valence-electron chi connectivity index (χ2n) is 6.51. The fourth-order valence-corrected chi connectivity index (χ4v) is 5.33. The standard InChI is InChI=1S/C16H20N2O5S/c1-18(11-4-7-24(20,21)9-11)16(19)17-14-12-3-6-22-13(12)8-10-2-5-23-15(10)14/h8,11H,2-7,9H2,1H3,(H,17,19). The van der Waals surface area contributed by atoms with Gasteiger partial charge in [0.25, 0.3) is 0 Å². The molecular weight excluding hydrogens is 332 g/mol. The summed E-state index contributed by atoms with van der Waals surface area (Å²) in [4.78, 5) is 14.1. The van der Waals surface area contributed by atoms with Crippen molar-refractivity contribution in [3.05, 3.63) is 17.2 Å². The van der Waals surface area contributed by atoms with Crippen molar-refractivity contribution in [3.63, 3.8) is 0 Å². The van der Waals surface area contributed by atoms with Crippen molar-refractivity contribution in [1.82, 2.24) is 4.90 Å². The van der Waals surface area contributed by atoms with E-state index < -0.39 is 9.84 Å². The van der Waals surface area contributed by atoms with Crippen LogP contribution in [0.15, 0.2) is 6.07 Å². The molecule has 4 rings (SSSR count). The summed E-state index contributed by atoms with van der Waals surface area (Å²) in [5.74, 6) is 1.70. The molecule has 0 radical (unpaired) electrons. The summed E-state index contributed by atoms with van der Waals surface area (Å²) >= 11 is 0. The molecule has 1 unspecified atom stereocenters. The van der Waals surface area contributed by atoms with Gasteiger partial charge in [0.05, 0.1) is 30.4 Å². The van der Waals surface area contributed by atoms with Gasteiger partial charge in [-0.05, 0) is 12.5 Å². The van der Waals surface area contributed by atoms with Gasteiger partial charge in [-0.15, -0.1) is 0 Å². The van der Waals surface area contributed by atoms with Gasteiger partial charge in [-0.3, -0.25) is 0 Å². The number of carbonyl (C=O) groups excluding carboxylic acids is 1. The topological polar surface area (TPSA) is 84.9 Å². The van der Waals surface area contributed by atoms with Gasteiger partial charge in [-0.25, -0.2) is 13.2 Å². The van der Waals surface area contributed by atoms with Crippen LogP contribution in [0, 0.1) is 0 Å². The average Bonchev–Trinajstić information content (AvgIpc) is 3.24. The zero-order chi connectivity index (χ0) is 16.9. The summed E-state index contributed by atoms with van der Waals surface area (Å²) in [5.41, 5.74) is 2.67. The van der Waals surface area contributed by atoms with Crippen molar-refractivity contribution in [2.75, 3.05) is 37.1 Å². The summed E-state index contributed by atoms with van der Waals surface area (Å²) < 4.78 is 34.6.